The lowest BCUT2D eigenvalue weighted by Gasteiger charge is -2.23. The average molecular weight is 450 g/mol. The summed E-state index contributed by atoms with van der Waals surface area (Å²) in [6.07, 6.45) is 1.38. The molecule has 0 saturated carbocycles. The first-order valence-electron chi connectivity index (χ1n) is 10.1. The number of aromatic nitrogens is 2. The largest absolute Gasteiger partial charge is 0.491 e. The highest BCUT2D eigenvalue weighted by Crippen LogP contribution is 2.34. The van der Waals surface area contributed by atoms with Gasteiger partial charge in [0.25, 0.3) is 11.8 Å². The third kappa shape index (κ3) is 4.16. The summed E-state index contributed by atoms with van der Waals surface area (Å²) < 4.78 is 7.42. The van der Waals surface area contributed by atoms with Crippen molar-refractivity contribution < 1.29 is 24.3 Å². The summed E-state index contributed by atoms with van der Waals surface area (Å²) in [4.78, 5) is 37.9. The van der Waals surface area contributed by atoms with E-state index in [0.29, 0.717) is 35.1 Å². The van der Waals surface area contributed by atoms with E-state index in [1.165, 1.54) is 20.2 Å². The second-order valence-corrected chi connectivity index (χ2v) is 7.62. The molecular weight excluding hydrogens is 428 g/mol. The maximum atomic E-state index is 12.4. The van der Waals surface area contributed by atoms with Crippen LogP contribution in [-0.4, -0.2) is 63.9 Å². The lowest BCUT2D eigenvalue weighted by molar-refractivity contribution is 0.0933. The zero-order valence-corrected chi connectivity index (χ0v) is 18.2. The van der Waals surface area contributed by atoms with Gasteiger partial charge in [0.05, 0.1) is 18.3 Å². The van der Waals surface area contributed by atoms with Crippen LogP contribution in [0, 0.1) is 11.8 Å². The zero-order chi connectivity index (χ0) is 23.8. The summed E-state index contributed by atoms with van der Waals surface area (Å²) >= 11 is 0. The number of imidazole rings is 1. The van der Waals surface area contributed by atoms with E-state index in [1.807, 2.05) is 0 Å². The fourth-order valence-corrected chi connectivity index (χ4v) is 3.51. The molecule has 2 atom stereocenters. The van der Waals surface area contributed by atoms with Crippen molar-refractivity contribution in [2.45, 2.75) is 32.0 Å². The summed E-state index contributed by atoms with van der Waals surface area (Å²) in [5, 5.41) is 17.0. The van der Waals surface area contributed by atoms with Crippen molar-refractivity contribution in [2.24, 2.45) is 15.9 Å². The van der Waals surface area contributed by atoms with Crippen LogP contribution in [0.3, 0.4) is 0 Å². The molecule has 1 aromatic carbocycles. The number of carbonyl (C=O) groups is 2. The van der Waals surface area contributed by atoms with E-state index >= 15 is 0 Å². The van der Waals surface area contributed by atoms with Crippen LogP contribution < -0.4 is 15.8 Å². The van der Waals surface area contributed by atoms with Crippen molar-refractivity contribution in [3.8, 4) is 29.0 Å². The first-order valence-corrected chi connectivity index (χ1v) is 10.1. The number of aliphatic imine (C=N–C) groups is 1. The number of oxime groups is 1. The van der Waals surface area contributed by atoms with Gasteiger partial charge in [0.15, 0.2) is 11.3 Å². The minimum absolute atomic E-state index is 0.0721. The highest BCUT2D eigenvalue weighted by molar-refractivity contribution is 6.05. The Labute approximate surface area is 189 Å². The molecule has 1 aromatic heterocycles. The molecular formula is C22H22N6O5. The molecule has 0 bridgehead atoms. The van der Waals surface area contributed by atoms with Gasteiger partial charge in [-0.1, -0.05) is 17.0 Å². The van der Waals surface area contributed by atoms with Crippen molar-refractivity contribution in [1.82, 2.24) is 14.9 Å². The van der Waals surface area contributed by atoms with Gasteiger partial charge in [0, 0.05) is 19.5 Å². The van der Waals surface area contributed by atoms with E-state index in [4.69, 9.17) is 15.3 Å². The first-order chi connectivity index (χ1) is 15.7. The fourth-order valence-electron chi connectivity index (χ4n) is 3.51. The smallest absolute Gasteiger partial charge is 0.270 e. The van der Waals surface area contributed by atoms with Gasteiger partial charge in [-0.2, -0.15) is 0 Å². The number of carbonyl (C=O) groups excluding carboxylic acids is 2. The Morgan fingerprint density at radius 1 is 1.39 bits per heavy atom. The van der Waals surface area contributed by atoms with Crippen LogP contribution >= 0.6 is 0 Å². The number of hydrogen-bond donors (Lipinski definition) is 3. The third-order valence-electron chi connectivity index (χ3n) is 5.18. The lowest BCUT2D eigenvalue weighted by atomic mass is 9.97. The molecule has 0 spiro atoms. The zero-order valence-electron chi connectivity index (χ0n) is 18.2. The minimum atomic E-state index is -1.50. The molecule has 0 aliphatic carbocycles. The van der Waals surface area contributed by atoms with Gasteiger partial charge in [-0.05, 0) is 25.1 Å². The molecule has 2 amide bonds. The molecule has 2 aromatic rings. The summed E-state index contributed by atoms with van der Waals surface area (Å²) in [7, 11) is 1.46. The Hall–Kier alpha value is -4.17. The number of benzene rings is 1. The van der Waals surface area contributed by atoms with Crippen molar-refractivity contribution >= 4 is 23.9 Å². The SMILES string of the molecule is CNC(=O)c1c(C(N)=O)nc2n1CCOc1ccc(C#CC(C)(O)C3C=NOC(C)=N3)cc1-2. The van der Waals surface area contributed by atoms with Crippen molar-refractivity contribution in [3.05, 3.63) is 35.2 Å². The van der Waals surface area contributed by atoms with E-state index in [0.717, 1.165) is 0 Å². The van der Waals surface area contributed by atoms with E-state index in [1.54, 1.807) is 29.7 Å². The van der Waals surface area contributed by atoms with E-state index in [9.17, 15) is 14.7 Å². The Balaban J connectivity index is 1.77. The number of aliphatic hydroxyl groups is 1. The summed E-state index contributed by atoms with van der Waals surface area (Å²) in [6.45, 7) is 3.73. The number of rotatable bonds is 3. The number of hydrogen-bond acceptors (Lipinski definition) is 8. The third-order valence-corrected chi connectivity index (χ3v) is 5.18. The van der Waals surface area contributed by atoms with Crippen LogP contribution in [0.5, 0.6) is 5.75 Å². The van der Waals surface area contributed by atoms with Crippen LogP contribution in [-0.2, 0) is 11.4 Å². The Bertz CT molecular complexity index is 1260. The van der Waals surface area contributed by atoms with Crippen molar-refractivity contribution in [1.29, 1.82) is 0 Å². The maximum absolute atomic E-state index is 12.4. The van der Waals surface area contributed by atoms with Gasteiger partial charge in [-0.25, -0.2) is 9.98 Å². The molecule has 170 valence electrons. The Morgan fingerprint density at radius 3 is 2.88 bits per heavy atom. The van der Waals surface area contributed by atoms with Crippen LogP contribution in [0.2, 0.25) is 0 Å². The molecule has 2 unspecified atom stereocenters. The van der Waals surface area contributed by atoms with Crippen LogP contribution in [0.1, 0.15) is 40.4 Å². The average Bonchev–Trinajstić information content (AvgIpc) is 3.08. The molecule has 0 radical (unpaired) electrons. The summed E-state index contributed by atoms with van der Waals surface area (Å²) in [6, 6.07) is 4.49. The molecule has 4 N–H and O–H groups in total. The molecule has 0 fully saturated rings. The van der Waals surface area contributed by atoms with Crippen molar-refractivity contribution in [3.63, 3.8) is 0 Å². The number of nitrogens with one attached hydrogen (secondary N) is 1. The number of primary amides is 1. The monoisotopic (exact) mass is 450 g/mol. The molecule has 2 aliphatic heterocycles. The highest BCUT2D eigenvalue weighted by Gasteiger charge is 2.31. The molecule has 11 heteroatoms. The predicted octanol–water partition coefficient (Wildman–Crippen LogP) is 0.307. The van der Waals surface area contributed by atoms with E-state index in [-0.39, 0.29) is 18.0 Å². The quantitative estimate of drug-likeness (QED) is 0.572. The summed E-state index contributed by atoms with van der Waals surface area (Å²) in [5.74, 6) is 5.69. The number of amides is 2. The molecule has 11 nitrogen and oxygen atoms in total. The van der Waals surface area contributed by atoms with E-state index in [2.05, 4.69) is 32.3 Å². The number of nitrogens with two attached hydrogens (primary N) is 1. The van der Waals surface area contributed by atoms with Gasteiger partial charge >= 0.3 is 0 Å². The van der Waals surface area contributed by atoms with E-state index < -0.39 is 23.5 Å². The van der Waals surface area contributed by atoms with Gasteiger partial charge in [-0.15, -0.1) is 0 Å². The first kappa shape index (κ1) is 22.0. The van der Waals surface area contributed by atoms with Gasteiger partial charge in [0.2, 0.25) is 5.90 Å². The maximum Gasteiger partial charge on any atom is 0.270 e. The Kier molecular flexibility index (Phi) is 5.61. The van der Waals surface area contributed by atoms with Crippen LogP contribution in [0.25, 0.3) is 11.4 Å². The Morgan fingerprint density at radius 2 is 2.18 bits per heavy atom. The predicted molar refractivity (Wildman–Crippen MR) is 119 cm³/mol. The fraction of sp³-hybridized carbons (Fsp3) is 0.318. The number of nitrogens with zero attached hydrogens (tertiary/aromatic N) is 4. The van der Waals surface area contributed by atoms with Gasteiger partial charge in [0.1, 0.15) is 29.9 Å². The van der Waals surface area contributed by atoms with Crippen LogP contribution in [0.4, 0.5) is 0 Å². The highest BCUT2D eigenvalue weighted by atomic mass is 16.6. The summed E-state index contributed by atoms with van der Waals surface area (Å²) in [5.41, 5.74) is 5.03. The molecule has 2 aliphatic rings. The molecule has 4 rings (SSSR count). The van der Waals surface area contributed by atoms with Gasteiger partial charge in [-0.3, -0.25) is 9.59 Å². The van der Waals surface area contributed by atoms with Crippen molar-refractivity contribution in [2.75, 3.05) is 13.7 Å². The number of fused-ring (bicyclic) bond motifs is 3. The lowest BCUT2D eigenvalue weighted by Crippen LogP contribution is -2.39. The number of ether oxygens (including phenoxy) is 1. The minimum Gasteiger partial charge on any atom is -0.491 e. The van der Waals surface area contributed by atoms with Crippen LogP contribution in [0.15, 0.2) is 28.3 Å². The molecule has 3 heterocycles. The second-order valence-electron chi connectivity index (χ2n) is 7.62. The normalized spacial score (nSPS) is 18.1. The second kappa shape index (κ2) is 8.40. The topological polar surface area (TPSA) is 153 Å². The standard InChI is InChI=1S/C22H22N6O5/c1-12-26-16(11-25-33-12)22(2,31)7-6-13-4-5-15-14(10-13)20-27-17(19(23)29)18(21(30)24-3)28(20)8-9-32-15/h4-5,10-11,16,31H,8-9H2,1-3H3,(H2,23,29)(H,24,30). The van der Waals surface area contributed by atoms with Gasteiger partial charge < -0.3 is 30.3 Å². The molecule has 33 heavy (non-hydrogen) atoms. The molecule has 0 saturated heterocycles.